The summed E-state index contributed by atoms with van der Waals surface area (Å²) in [5.41, 5.74) is 5.38. The van der Waals surface area contributed by atoms with Crippen LogP contribution in [0, 0.1) is 0 Å². The number of rotatable bonds is 7. The van der Waals surface area contributed by atoms with Gasteiger partial charge in [0.15, 0.2) is 0 Å². The monoisotopic (exact) mass is 403 g/mol. The number of nitrogens with one attached hydrogen (secondary N) is 3. The van der Waals surface area contributed by atoms with Crippen molar-refractivity contribution >= 4 is 21.8 Å². The number of phenols is 1. The Balaban J connectivity index is 1.46. The number of hydrogen-bond acceptors (Lipinski definition) is 5. The van der Waals surface area contributed by atoms with Crippen molar-refractivity contribution in [2.75, 3.05) is 0 Å². The number of phenolic OH excluding ortho intramolecular Hbond substituents is 1. The van der Waals surface area contributed by atoms with Crippen LogP contribution in [0.1, 0.15) is 35.2 Å². The number of aromatic hydroxyl groups is 1. The molecule has 2 aromatic rings. The molecule has 0 saturated heterocycles. The van der Waals surface area contributed by atoms with E-state index in [9.17, 15) is 23.1 Å². The Morgan fingerprint density at radius 2 is 1.68 bits per heavy atom. The fourth-order valence-corrected chi connectivity index (χ4v) is 3.81. The van der Waals surface area contributed by atoms with Crippen LogP contribution in [0.3, 0.4) is 0 Å². The zero-order chi connectivity index (χ0) is 20.1. The molecule has 1 fully saturated rings. The van der Waals surface area contributed by atoms with Gasteiger partial charge >= 0.3 is 0 Å². The summed E-state index contributed by atoms with van der Waals surface area (Å²) in [4.78, 5) is 24.0. The van der Waals surface area contributed by atoms with Gasteiger partial charge in [0, 0.05) is 12.5 Å². The van der Waals surface area contributed by atoms with E-state index in [4.69, 9.17) is 0 Å². The van der Waals surface area contributed by atoms with E-state index in [1.807, 2.05) is 0 Å². The Hall–Kier alpha value is -2.91. The number of hydrazine groups is 1. The molecule has 148 valence electrons. The van der Waals surface area contributed by atoms with Crippen molar-refractivity contribution in [1.82, 2.24) is 15.6 Å². The van der Waals surface area contributed by atoms with E-state index in [1.165, 1.54) is 24.3 Å². The first kappa shape index (κ1) is 19.8. The Morgan fingerprint density at radius 1 is 1.00 bits per heavy atom. The van der Waals surface area contributed by atoms with Crippen LogP contribution in [0.4, 0.5) is 0 Å². The van der Waals surface area contributed by atoms with Gasteiger partial charge in [-0.25, -0.2) is 13.1 Å². The zero-order valence-corrected chi connectivity index (χ0v) is 15.8. The molecule has 1 aliphatic carbocycles. The lowest BCUT2D eigenvalue weighted by molar-refractivity contribution is -0.121. The highest BCUT2D eigenvalue weighted by atomic mass is 32.2. The van der Waals surface area contributed by atoms with Crippen molar-refractivity contribution < 1.29 is 23.1 Å². The summed E-state index contributed by atoms with van der Waals surface area (Å²) < 4.78 is 26.8. The molecule has 0 aliphatic heterocycles. The zero-order valence-electron chi connectivity index (χ0n) is 15.0. The Kier molecular flexibility index (Phi) is 5.96. The number of hydrogen-bond donors (Lipinski definition) is 4. The number of carbonyl (C=O) groups excluding carboxylic acids is 2. The predicted molar refractivity (Wildman–Crippen MR) is 102 cm³/mol. The highest BCUT2D eigenvalue weighted by Gasteiger charge is 2.27. The minimum absolute atomic E-state index is 0.0429. The quantitative estimate of drug-likeness (QED) is 0.518. The van der Waals surface area contributed by atoms with Crippen molar-refractivity contribution in [3.8, 4) is 5.75 Å². The van der Waals surface area contributed by atoms with Gasteiger partial charge in [-0.3, -0.25) is 20.4 Å². The Bertz CT molecular complexity index is 969. The maximum absolute atomic E-state index is 12.1. The molecule has 1 saturated carbocycles. The average Bonchev–Trinajstić information content (AvgIpc) is 3.48. The standard InChI is InChI=1S/C19H21N3O5S/c23-17-4-2-1-3-16(17)19(25)21-20-18(24)12-7-13-5-10-15(11-6-13)28(26,27)22-14-8-9-14/h1-6,10-11,14,22-23H,7-9,12H2,(H,20,24)(H,21,25). The topological polar surface area (TPSA) is 125 Å². The summed E-state index contributed by atoms with van der Waals surface area (Å²) in [5, 5.41) is 9.61. The number of benzene rings is 2. The molecule has 0 bridgehead atoms. The number of para-hydroxylation sites is 1. The van der Waals surface area contributed by atoms with E-state index in [0.717, 1.165) is 18.4 Å². The van der Waals surface area contributed by atoms with E-state index >= 15 is 0 Å². The van der Waals surface area contributed by atoms with E-state index in [0.29, 0.717) is 6.42 Å². The van der Waals surface area contributed by atoms with Gasteiger partial charge in [0.1, 0.15) is 5.75 Å². The molecule has 4 N–H and O–H groups in total. The maximum Gasteiger partial charge on any atom is 0.273 e. The third-order valence-electron chi connectivity index (χ3n) is 4.24. The Morgan fingerprint density at radius 3 is 2.32 bits per heavy atom. The van der Waals surface area contributed by atoms with E-state index in [2.05, 4.69) is 15.6 Å². The summed E-state index contributed by atoms with van der Waals surface area (Å²) in [6.45, 7) is 0. The molecular weight excluding hydrogens is 382 g/mol. The number of carbonyl (C=O) groups is 2. The van der Waals surface area contributed by atoms with Crippen LogP contribution in [0.15, 0.2) is 53.4 Å². The molecule has 8 nitrogen and oxygen atoms in total. The SMILES string of the molecule is O=C(CCc1ccc(S(=O)(=O)NC2CC2)cc1)NNC(=O)c1ccccc1O. The molecule has 0 radical (unpaired) electrons. The first-order valence-corrected chi connectivity index (χ1v) is 10.3. The molecule has 0 atom stereocenters. The smallest absolute Gasteiger partial charge is 0.273 e. The second-order valence-electron chi connectivity index (χ2n) is 6.56. The molecule has 0 aromatic heterocycles. The molecule has 1 aliphatic rings. The summed E-state index contributed by atoms with van der Waals surface area (Å²) >= 11 is 0. The van der Waals surface area contributed by atoms with Crippen LogP contribution >= 0.6 is 0 Å². The molecule has 3 rings (SSSR count). The van der Waals surface area contributed by atoms with Gasteiger partial charge in [-0.1, -0.05) is 24.3 Å². The summed E-state index contributed by atoms with van der Waals surface area (Å²) in [6.07, 6.45) is 2.22. The molecule has 0 heterocycles. The van der Waals surface area contributed by atoms with Crippen molar-refractivity contribution in [3.63, 3.8) is 0 Å². The minimum atomic E-state index is -3.49. The average molecular weight is 403 g/mol. The summed E-state index contributed by atoms with van der Waals surface area (Å²) in [6, 6.07) is 12.4. The third kappa shape index (κ3) is 5.30. The van der Waals surface area contributed by atoms with Crippen molar-refractivity contribution in [3.05, 3.63) is 59.7 Å². The molecular formula is C19H21N3O5S. The van der Waals surface area contributed by atoms with Crippen LogP contribution < -0.4 is 15.6 Å². The highest BCUT2D eigenvalue weighted by Crippen LogP contribution is 2.22. The second kappa shape index (κ2) is 8.41. The summed E-state index contributed by atoms with van der Waals surface area (Å²) in [7, 11) is -3.49. The number of aryl methyl sites for hydroxylation is 1. The van der Waals surface area contributed by atoms with E-state index in [-0.39, 0.29) is 28.7 Å². The minimum Gasteiger partial charge on any atom is -0.507 e. The molecule has 9 heteroatoms. The van der Waals surface area contributed by atoms with Crippen LogP contribution in [-0.2, 0) is 21.2 Å². The van der Waals surface area contributed by atoms with Gasteiger partial charge in [0.05, 0.1) is 10.5 Å². The van der Waals surface area contributed by atoms with Crippen molar-refractivity contribution in [2.45, 2.75) is 36.6 Å². The first-order chi connectivity index (χ1) is 13.3. The van der Waals surface area contributed by atoms with E-state index < -0.39 is 21.8 Å². The fraction of sp³-hybridized carbons (Fsp3) is 0.263. The van der Waals surface area contributed by atoms with Crippen LogP contribution in [0.5, 0.6) is 5.75 Å². The molecule has 28 heavy (non-hydrogen) atoms. The lowest BCUT2D eigenvalue weighted by Crippen LogP contribution is -2.41. The van der Waals surface area contributed by atoms with Crippen LogP contribution in [-0.4, -0.2) is 31.4 Å². The Labute approximate surface area is 163 Å². The van der Waals surface area contributed by atoms with Gasteiger partial charge in [0.25, 0.3) is 5.91 Å². The molecule has 0 spiro atoms. The van der Waals surface area contributed by atoms with Gasteiger partial charge in [-0.2, -0.15) is 0 Å². The third-order valence-corrected chi connectivity index (χ3v) is 5.77. The molecule has 2 aromatic carbocycles. The van der Waals surface area contributed by atoms with Crippen molar-refractivity contribution in [2.24, 2.45) is 0 Å². The molecule has 2 amide bonds. The van der Waals surface area contributed by atoms with Crippen LogP contribution in [0.25, 0.3) is 0 Å². The maximum atomic E-state index is 12.1. The first-order valence-electron chi connectivity index (χ1n) is 8.83. The summed E-state index contributed by atoms with van der Waals surface area (Å²) in [5.74, 6) is -1.21. The predicted octanol–water partition coefficient (Wildman–Crippen LogP) is 1.23. The van der Waals surface area contributed by atoms with E-state index in [1.54, 1.807) is 24.3 Å². The fourth-order valence-electron chi connectivity index (χ4n) is 2.50. The van der Waals surface area contributed by atoms with Crippen molar-refractivity contribution in [1.29, 1.82) is 0 Å². The lowest BCUT2D eigenvalue weighted by atomic mass is 10.1. The van der Waals surface area contributed by atoms with Crippen LogP contribution in [0.2, 0.25) is 0 Å². The number of amides is 2. The normalized spacial score (nSPS) is 13.7. The molecule has 0 unspecified atom stereocenters. The number of sulfonamides is 1. The van der Waals surface area contributed by atoms with Gasteiger partial charge < -0.3 is 5.11 Å². The lowest BCUT2D eigenvalue weighted by Gasteiger charge is -2.09. The van der Waals surface area contributed by atoms with Gasteiger partial charge in [-0.15, -0.1) is 0 Å². The largest absolute Gasteiger partial charge is 0.507 e. The second-order valence-corrected chi connectivity index (χ2v) is 8.27. The van der Waals surface area contributed by atoms with Gasteiger partial charge in [-0.05, 0) is 49.1 Å². The van der Waals surface area contributed by atoms with Gasteiger partial charge in [0.2, 0.25) is 15.9 Å². The highest BCUT2D eigenvalue weighted by molar-refractivity contribution is 7.89.